The van der Waals surface area contributed by atoms with Crippen LogP contribution in [-0.4, -0.2) is 19.8 Å². The van der Waals surface area contributed by atoms with Crippen molar-refractivity contribution in [2.75, 3.05) is 0 Å². The van der Waals surface area contributed by atoms with E-state index >= 15 is 0 Å². The van der Waals surface area contributed by atoms with Crippen molar-refractivity contribution >= 4 is 0 Å². The second-order valence-corrected chi connectivity index (χ2v) is 4.19. The fourth-order valence-corrected chi connectivity index (χ4v) is 2.03. The molecular formula is C15H12N2O2. The van der Waals surface area contributed by atoms with E-state index in [0.717, 1.165) is 16.8 Å². The Morgan fingerprint density at radius 1 is 0.947 bits per heavy atom. The molecule has 94 valence electrons. The molecule has 0 aliphatic heterocycles. The highest BCUT2D eigenvalue weighted by Crippen LogP contribution is 2.36. The Morgan fingerprint density at radius 2 is 1.68 bits per heavy atom. The molecule has 2 aromatic carbocycles. The quantitative estimate of drug-likeness (QED) is 0.689. The summed E-state index contributed by atoms with van der Waals surface area (Å²) in [6, 6.07) is 12.8. The number of aromatic nitrogens is 2. The molecule has 2 N–H and O–H groups in total. The predicted octanol–water partition coefficient (Wildman–Crippen LogP) is 2.95. The summed E-state index contributed by atoms with van der Waals surface area (Å²) in [6.07, 6.45) is 5.11. The van der Waals surface area contributed by atoms with E-state index in [1.54, 1.807) is 29.4 Å². The molecule has 0 aliphatic carbocycles. The van der Waals surface area contributed by atoms with Crippen LogP contribution in [0.3, 0.4) is 0 Å². The first kappa shape index (κ1) is 11.3. The van der Waals surface area contributed by atoms with E-state index in [-0.39, 0.29) is 11.5 Å². The molecule has 0 saturated carbocycles. The van der Waals surface area contributed by atoms with Gasteiger partial charge in [0.05, 0.1) is 12.0 Å². The molecule has 0 atom stereocenters. The number of imidazole rings is 1. The van der Waals surface area contributed by atoms with E-state index in [1.807, 2.05) is 30.3 Å². The standard InChI is InChI=1S/C15H12N2O2/c18-14-8-12(11-4-2-1-3-5-11)13(9-15(14)19)17-7-6-16-10-17/h1-10,18-19H. The van der Waals surface area contributed by atoms with Crippen LogP contribution in [0.2, 0.25) is 0 Å². The van der Waals surface area contributed by atoms with Gasteiger partial charge in [-0.15, -0.1) is 0 Å². The van der Waals surface area contributed by atoms with Crippen LogP contribution in [0.1, 0.15) is 0 Å². The van der Waals surface area contributed by atoms with Gasteiger partial charge in [0.1, 0.15) is 0 Å². The van der Waals surface area contributed by atoms with E-state index in [2.05, 4.69) is 4.98 Å². The topological polar surface area (TPSA) is 58.3 Å². The van der Waals surface area contributed by atoms with Gasteiger partial charge in [0.15, 0.2) is 11.5 Å². The maximum absolute atomic E-state index is 9.71. The third-order valence-electron chi connectivity index (χ3n) is 2.96. The summed E-state index contributed by atoms with van der Waals surface area (Å²) in [4.78, 5) is 4.00. The molecule has 1 heterocycles. The molecule has 3 rings (SSSR count). The summed E-state index contributed by atoms with van der Waals surface area (Å²) in [5.41, 5.74) is 2.55. The zero-order valence-corrected chi connectivity index (χ0v) is 10.1. The zero-order chi connectivity index (χ0) is 13.2. The first-order chi connectivity index (χ1) is 9.25. The van der Waals surface area contributed by atoms with Crippen molar-refractivity contribution in [1.29, 1.82) is 0 Å². The van der Waals surface area contributed by atoms with Crippen molar-refractivity contribution in [1.82, 2.24) is 9.55 Å². The maximum atomic E-state index is 9.71. The number of benzene rings is 2. The molecule has 1 aromatic heterocycles. The van der Waals surface area contributed by atoms with E-state index < -0.39 is 0 Å². The number of rotatable bonds is 2. The van der Waals surface area contributed by atoms with Crippen molar-refractivity contribution in [3.8, 4) is 28.3 Å². The van der Waals surface area contributed by atoms with Crippen LogP contribution in [0, 0.1) is 0 Å². The lowest BCUT2D eigenvalue weighted by Crippen LogP contribution is -1.94. The predicted molar refractivity (Wildman–Crippen MR) is 72.3 cm³/mol. The van der Waals surface area contributed by atoms with Crippen molar-refractivity contribution in [3.05, 3.63) is 61.2 Å². The van der Waals surface area contributed by atoms with Crippen LogP contribution in [0.4, 0.5) is 0 Å². The minimum Gasteiger partial charge on any atom is -0.504 e. The van der Waals surface area contributed by atoms with Gasteiger partial charge in [-0.2, -0.15) is 0 Å². The summed E-state index contributed by atoms with van der Waals surface area (Å²) < 4.78 is 1.79. The molecule has 4 nitrogen and oxygen atoms in total. The minimum atomic E-state index is -0.150. The average Bonchev–Trinajstić information content (AvgIpc) is 2.96. The lowest BCUT2D eigenvalue weighted by Gasteiger charge is -2.12. The molecule has 0 fully saturated rings. The summed E-state index contributed by atoms with van der Waals surface area (Å²) >= 11 is 0. The van der Waals surface area contributed by atoms with Crippen molar-refractivity contribution < 1.29 is 10.2 Å². The molecule has 0 unspecified atom stereocenters. The highest BCUT2D eigenvalue weighted by Gasteiger charge is 2.11. The Balaban J connectivity index is 2.26. The second kappa shape index (κ2) is 4.49. The molecule has 0 spiro atoms. The fraction of sp³-hybridized carbons (Fsp3) is 0. The van der Waals surface area contributed by atoms with Crippen molar-refractivity contribution in [3.63, 3.8) is 0 Å². The molecule has 4 heteroatoms. The summed E-state index contributed by atoms with van der Waals surface area (Å²) in [7, 11) is 0. The Morgan fingerprint density at radius 3 is 2.37 bits per heavy atom. The zero-order valence-electron chi connectivity index (χ0n) is 10.1. The van der Waals surface area contributed by atoms with Gasteiger partial charge in [0.2, 0.25) is 0 Å². The van der Waals surface area contributed by atoms with Gasteiger partial charge < -0.3 is 14.8 Å². The molecule has 3 aromatic rings. The fourth-order valence-electron chi connectivity index (χ4n) is 2.03. The minimum absolute atomic E-state index is 0.136. The number of nitrogens with zero attached hydrogens (tertiary/aromatic N) is 2. The van der Waals surface area contributed by atoms with Gasteiger partial charge in [0.25, 0.3) is 0 Å². The Hall–Kier alpha value is -2.75. The monoisotopic (exact) mass is 252 g/mol. The molecule has 0 aliphatic rings. The van der Waals surface area contributed by atoms with Gasteiger partial charge >= 0.3 is 0 Å². The summed E-state index contributed by atoms with van der Waals surface area (Å²) in [6.45, 7) is 0. The SMILES string of the molecule is Oc1cc(-c2ccccc2)c(-n2ccnc2)cc1O. The molecule has 19 heavy (non-hydrogen) atoms. The van der Waals surface area contributed by atoms with Gasteiger partial charge in [-0.3, -0.25) is 0 Å². The van der Waals surface area contributed by atoms with Gasteiger partial charge in [0, 0.05) is 24.0 Å². The van der Waals surface area contributed by atoms with E-state index in [0.29, 0.717) is 0 Å². The molecular weight excluding hydrogens is 240 g/mol. The number of phenols is 2. The van der Waals surface area contributed by atoms with E-state index in [4.69, 9.17) is 0 Å². The van der Waals surface area contributed by atoms with E-state index in [9.17, 15) is 10.2 Å². The Bertz CT molecular complexity index is 692. The van der Waals surface area contributed by atoms with Crippen LogP contribution in [-0.2, 0) is 0 Å². The molecule has 0 saturated heterocycles. The lowest BCUT2D eigenvalue weighted by molar-refractivity contribution is 0.404. The molecule has 0 bridgehead atoms. The van der Waals surface area contributed by atoms with Crippen LogP contribution >= 0.6 is 0 Å². The Labute approximate surface area is 110 Å². The van der Waals surface area contributed by atoms with Crippen LogP contribution in [0.15, 0.2) is 61.2 Å². The number of aromatic hydroxyl groups is 2. The normalized spacial score (nSPS) is 10.5. The van der Waals surface area contributed by atoms with Gasteiger partial charge in [-0.1, -0.05) is 30.3 Å². The van der Waals surface area contributed by atoms with Gasteiger partial charge in [-0.25, -0.2) is 4.98 Å². The molecule has 0 radical (unpaired) electrons. The summed E-state index contributed by atoms with van der Waals surface area (Å²) in [5, 5.41) is 19.4. The number of hydrogen-bond donors (Lipinski definition) is 2. The van der Waals surface area contributed by atoms with Crippen LogP contribution < -0.4 is 0 Å². The van der Waals surface area contributed by atoms with Crippen molar-refractivity contribution in [2.45, 2.75) is 0 Å². The number of phenolic OH excluding ortho intramolecular Hbond substituents is 2. The first-order valence-electron chi connectivity index (χ1n) is 5.85. The number of hydrogen-bond acceptors (Lipinski definition) is 3. The molecule has 0 amide bonds. The lowest BCUT2D eigenvalue weighted by atomic mass is 10.0. The van der Waals surface area contributed by atoms with Gasteiger partial charge in [-0.05, 0) is 11.6 Å². The van der Waals surface area contributed by atoms with Crippen LogP contribution in [0.25, 0.3) is 16.8 Å². The first-order valence-corrected chi connectivity index (χ1v) is 5.85. The van der Waals surface area contributed by atoms with E-state index in [1.165, 1.54) is 6.07 Å². The summed E-state index contributed by atoms with van der Waals surface area (Å²) in [5.74, 6) is -0.286. The maximum Gasteiger partial charge on any atom is 0.159 e. The Kier molecular flexibility index (Phi) is 2.68. The third-order valence-corrected chi connectivity index (χ3v) is 2.96. The smallest absolute Gasteiger partial charge is 0.159 e. The third kappa shape index (κ3) is 2.04. The second-order valence-electron chi connectivity index (χ2n) is 4.19. The highest BCUT2D eigenvalue weighted by atomic mass is 16.3. The van der Waals surface area contributed by atoms with Crippen LogP contribution in [0.5, 0.6) is 11.5 Å². The highest BCUT2D eigenvalue weighted by molar-refractivity contribution is 5.76. The van der Waals surface area contributed by atoms with Crippen molar-refractivity contribution in [2.24, 2.45) is 0 Å². The largest absolute Gasteiger partial charge is 0.504 e. The average molecular weight is 252 g/mol.